The third-order valence-electron chi connectivity index (χ3n) is 2.73. The monoisotopic (exact) mass is 192 g/mol. The molecule has 1 atom stereocenters. The number of fused-ring (bicyclic) bond motifs is 1. The highest BCUT2D eigenvalue weighted by atomic mass is 16.3. The lowest BCUT2D eigenvalue weighted by molar-refractivity contribution is 0.467. The Labute approximate surface area is 84.1 Å². The fourth-order valence-electron chi connectivity index (χ4n) is 2.04. The number of phenolic OH excluding ortho intramolecular Hbond substituents is 1. The highest BCUT2D eigenvalue weighted by Crippen LogP contribution is 2.26. The molecule has 3 nitrogen and oxygen atoms in total. The van der Waals surface area contributed by atoms with E-state index >= 15 is 0 Å². The van der Waals surface area contributed by atoms with Crippen molar-refractivity contribution in [2.24, 2.45) is 0 Å². The van der Waals surface area contributed by atoms with E-state index in [1.165, 1.54) is 11.1 Å². The molecule has 0 aromatic heterocycles. The van der Waals surface area contributed by atoms with Crippen LogP contribution in [0.3, 0.4) is 0 Å². The van der Waals surface area contributed by atoms with Gasteiger partial charge in [0.1, 0.15) is 5.75 Å². The molecule has 2 rings (SSSR count). The number of nitrogens with one attached hydrogen (secondary N) is 2. The molecule has 14 heavy (non-hydrogen) atoms. The number of likely N-dealkylation sites (N-methyl/N-ethyl adjacent to an activating group) is 1. The summed E-state index contributed by atoms with van der Waals surface area (Å²) in [5.74, 6) is 0.836. The van der Waals surface area contributed by atoms with E-state index < -0.39 is 0 Å². The molecule has 1 heterocycles. The summed E-state index contributed by atoms with van der Waals surface area (Å²) in [5.41, 5.74) is 2.58. The smallest absolute Gasteiger partial charge is 0.115 e. The lowest BCUT2D eigenvalue weighted by Crippen LogP contribution is -2.33. The minimum Gasteiger partial charge on any atom is -0.508 e. The van der Waals surface area contributed by atoms with Crippen molar-refractivity contribution in [3.05, 3.63) is 29.3 Å². The zero-order valence-corrected chi connectivity index (χ0v) is 8.38. The molecule has 0 fully saturated rings. The molecule has 0 aliphatic carbocycles. The molecule has 0 saturated carbocycles. The third kappa shape index (κ3) is 1.74. The zero-order valence-electron chi connectivity index (χ0n) is 8.38. The number of hydrogen-bond acceptors (Lipinski definition) is 3. The predicted molar refractivity (Wildman–Crippen MR) is 56.5 cm³/mol. The van der Waals surface area contributed by atoms with Gasteiger partial charge in [-0.2, -0.15) is 0 Å². The van der Waals surface area contributed by atoms with Crippen LogP contribution >= 0.6 is 0 Å². The van der Waals surface area contributed by atoms with E-state index in [4.69, 9.17) is 0 Å². The Bertz CT molecular complexity index is 325. The van der Waals surface area contributed by atoms with Gasteiger partial charge in [-0.15, -0.1) is 0 Å². The molecular weight excluding hydrogens is 176 g/mol. The number of aromatic hydroxyl groups is 1. The molecule has 0 radical (unpaired) electrons. The van der Waals surface area contributed by atoms with Gasteiger partial charge in [-0.3, -0.25) is 0 Å². The average molecular weight is 192 g/mol. The van der Waals surface area contributed by atoms with Gasteiger partial charge in [-0.05, 0) is 30.3 Å². The second-order valence-electron chi connectivity index (χ2n) is 3.77. The predicted octanol–water partition coefficient (Wildman–Crippen LogP) is 0.798. The van der Waals surface area contributed by atoms with Crippen molar-refractivity contribution in [1.82, 2.24) is 10.6 Å². The molecule has 1 aromatic rings. The van der Waals surface area contributed by atoms with Crippen molar-refractivity contribution in [3.8, 4) is 5.75 Å². The largest absolute Gasteiger partial charge is 0.508 e. The summed E-state index contributed by atoms with van der Waals surface area (Å²) in [4.78, 5) is 0. The Morgan fingerprint density at radius 3 is 3.21 bits per heavy atom. The maximum absolute atomic E-state index is 9.43. The molecule has 1 aromatic carbocycles. The maximum atomic E-state index is 9.43. The van der Waals surface area contributed by atoms with Gasteiger partial charge in [0.05, 0.1) is 0 Å². The first-order valence-electron chi connectivity index (χ1n) is 4.98. The van der Waals surface area contributed by atoms with Crippen LogP contribution in [-0.4, -0.2) is 25.2 Å². The summed E-state index contributed by atoms with van der Waals surface area (Å²) in [7, 11) is 1.96. The Balaban J connectivity index is 2.32. The van der Waals surface area contributed by atoms with E-state index in [1.807, 2.05) is 19.2 Å². The molecule has 3 N–H and O–H groups in total. The number of phenols is 1. The SMILES string of the molecule is CNCC1CNCc2ccc(O)cc21. The van der Waals surface area contributed by atoms with Crippen LogP contribution < -0.4 is 10.6 Å². The van der Waals surface area contributed by atoms with Gasteiger partial charge in [0.2, 0.25) is 0 Å². The van der Waals surface area contributed by atoms with Crippen molar-refractivity contribution >= 4 is 0 Å². The van der Waals surface area contributed by atoms with E-state index in [1.54, 1.807) is 6.07 Å². The highest BCUT2D eigenvalue weighted by Gasteiger charge is 2.19. The molecule has 1 aliphatic rings. The highest BCUT2D eigenvalue weighted by molar-refractivity contribution is 5.39. The summed E-state index contributed by atoms with van der Waals surface area (Å²) in [5, 5.41) is 16.0. The molecule has 0 saturated heterocycles. The van der Waals surface area contributed by atoms with E-state index in [-0.39, 0.29) is 0 Å². The van der Waals surface area contributed by atoms with Gasteiger partial charge < -0.3 is 15.7 Å². The average Bonchev–Trinajstić information content (AvgIpc) is 2.19. The van der Waals surface area contributed by atoms with Crippen molar-refractivity contribution in [1.29, 1.82) is 0 Å². The minimum atomic E-state index is 0.367. The molecule has 0 spiro atoms. The fraction of sp³-hybridized carbons (Fsp3) is 0.455. The van der Waals surface area contributed by atoms with Gasteiger partial charge in [-0.1, -0.05) is 6.07 Å². The summed E-state index contributed by atoms with van der Waals surface area (Å²) in [6.45, 7) is 2.84. The van der Waals surface area contributed by atoms with Crippen LogP contribution in [0.1, 0.15) is 17.0 Å². The number of rotatable bonds is 2. The second-order valence-corrected chi connectivity index (χ2v) is 3.77. The van der Waals surface area contributed by atoms with E-state index in [0.717, 1.165) is 19.6 Å². The molecule has 0 amide bonds. The lowest BCUT2D eigenvalue weighted by atomic mass is 9.90. The summed E-state index contributed by atoms with van der Waals surface area (Å²) < 4.78 is 0. The van der Waals surface area contributed by atoms with Crippen LogP contribution in [0, 0.1) is 0 Å². The van der Waals surface area contributed by atoms with Gasteiger partial charge in [0.25, 0.3) is 0 Å². The molecule has 76 valence electrons. The zero-order chi connectivity index (χ0) is 9.97. The van der Waals surface area contributed by atoms with Crippen LogP contribution in [0.2, 0.25) is 0 Å². The quantitative estimate of drug-likeness (QED) is 0.649. The van der Waals surface area contributed by atoms with E-state index in [2.05, 4.69) is 10.6 Å². The van der Waals surface area contributed by atoms with Crippen LogP contribution in [0.5, 0.6) is 5.75 Å². The van der Waals surface area contributed by atoms with Gasteiger partial charge in [-0.25, -0.2) is 0 Å². The molecule has 1 aliphatic heterocycles. The first kappa shape index (κ1) is 9.49. The molecule has 1 unspecified atom stereocenters. The third-order valence-corrected chi connectivity index (χ3v) is 2.73. The van der Waals surface area contributed by atoms with E-state index in [9.17, 15) is 5.11 Å². The summed E-state index contributed by atoms with van der Waals surface area (Å²) in [6, 6.07) is 5.64. The number of benzene rings is 1. The van der Waals surface area contributed by atoms with Crippen molar-refractivity contribution in [2.75, 3.05) is 20.1 Å². The van der Waals surface area contributed by atoms with Crippen molar-refractivity contribution < 1.29 is 5.11 Å². The molecule has 0 bridgehead atoms. The first-order chi connectivity index (χ1) is 6.81. The summed E-state index contributed by atoms with van der Waals surface area (Å²) >= 11 is 0. The number of hydrogen-bond donors (Lipinski definition) is 3. The normalized spacial score (nSPS) is 20.5. The minimum absolute atomic E-state index is 0.367. The topological polar surface area (TPSA) is 44.3 Å². The first-order valence-corrected chi connectivity index (χ1v) is 4.98. The van der Waals surface area contributed by atoms with Crippen LogP contribution in [-0.2, 0) is 6.54 Å². The maximum Gasteiger partial charge on any atom is 0.115 e. The van der Waals surface area contributed by atoms with Gasteiger partial charge >= 0.3 is 0 Å². The van der Waals surface area contributed by atoms with Gasteiger partial charge in [0.15, 0.2) is 0 Å². The van der Waals surface area contributed by atoms with Gasteiger partial charge in [0, 0.05) is 25.6 Å². The Hall–Kier alpha value is -1.06. The Morgan fingerprint density at radius 1 is 1.57 bits per heavy atom. The summed E-state index contributed by atoms with van der Waals surface area (Å²) in [6.07, 6.45) is 0. The standard InChI is InChI=1S/C11H16N2O/c1-12-5-9-7-13-6-8-2-3-10(14)4-11(8)9/h2-4,9,12-14H,5-7H2,1H3. The van der Waals surface area contributed by atoms with Crippen LogP contribution in [0.25, 0.3) is 0 Å². The van der Waals surface area contributed by atoms with Crippen molar-refractivity contribution in [2.45, 2.75) is 12.5 Å². The van der Waals surface area contributed by atoms with E-state index in [0.29, 0.717) is 11.7 Å². The van der Waals surface area contributed by atoms with Crippen LogP contribution in [0.4, 0.5) is 0 Å². The Morgan fingerprint density at radius 2 is 2.43 bits per heavy atom. The molecular formula is C11H16N2O. The lowest BCUT2D eigenvalue weighted by Gasteiger charge is -2.26. The molecule has 3 heteroatoms. The van der Waals surface area contributed by atoms with Crippen molar-refractivity contribution in [3.63, 3.8) is 0 Å². The Kier molecular flexibility index (Phi) is 2.70. The second kappa shape index (κ2) is 3.98. The van der Waals surface area contributed by atoms with Crippen LogP contribution in [0.15, 0.2) is 18.2 Å². The fourth-order valence-corrected chi connectivity index (χ4v) is 2.04.